The van der Waals surface area contributed by atoms with Crippen LogP contribution in [0.2, 0.25) is 0 Å². The molecule has 2 fully saturated rings. The van der Waals surface area contributed by atoms with Gasteiger partial charge < -0.3 is 9.31 Å². The van der Waals surface area contributed by atoms with Crippen LogP contribution in [0.15, 0.2) is 41.9 Å². The molecule has 3 aliphatic rings. The van der Waals surface area contributed by atoms with Gasteiger partial charge in [-0.05, 0) is 58.0 Å². The number of benzene rings is 1. The maximum atomic E-state index is 6.27. The molecule has 0 N–H and O–H groups in total. The Morgan fingerprint density at radius 3 is 2.33 bits per heavy atom. The van der Waals surface area contributed by atoms with E-state index in [1.165, 1.54) is 23.9 Å². The Kier molecular flexibility index (Phi) is 3.90. The molecular weight excluding hydrogens is 297 g/mol. The third-order valence-electron chi connectivity index (χ3n) is 6.33. The van der Waals surface area contributed by atoms with Crippen molar-refractivity contribution in [3.63, 3.8) is 0 Å². The second kappa shape index (κ2) is 5.72. The molecule has 0 unspecified atom stereocenters. The van der Waals surface area contributed by atoms with E-state index in [4.69, 9.17) is 9.31 Å². The number of hydrogen-bond acceptors (Lipinski definition) is 3. The van der Waals surface area contributed by atoms with Crippen molar-refractivity contribution in [1.82, 2.24) is 4.90 Å². The van der Waals surface area contributed by atoms with Gasteiger partial charge in [-0.2, -0.15) is 0 Å². The molecule has 3 nitrogen and oxygen atoms in total. The van der Waals surface area contributed by atoms with Crippen molar-refractivity contribution in [2.45, 2.75) is 76.8 Å². The Labute approximate surface area is 146 Å². The molecule has 1 aromatic carbocycles. The van der Waals surface area contributed by atoms with E-state index in [9.17, 15) is 0 Å². The van der Waals surface area contributed by atoms with Gasteiger partial charge in [0.1, 0.15) is 0 Å². The maximum absolute atomic E-state index is 6.27. The van der Waals surface area contributed by atoms with Crippen LogP contribution in [0.3, 0.4) is 0 Å². The molecule has 0 amide bonds. The van der Waals surface area contributed by atoms with Crippen molar-refractivity contribution in [2.24, 2.45) is 0 Å². The minimum Gasteiger partial charge on any atom is -0.400 e. The van der Waals surface area contributed by atoms with Crippen molar-refractivity contribution < 1.29 is 9.31 Å². The molecule has 3 aliphatic heterocycles. The predicted molar refractivity (Wildman–Crippen MR) is 97.6 cm³/mol. The van der Waals surface area contributed by atoms with E-state index >= 15 is 0 Å². The lowest BCUT2D eigenvalue weighted by Gasteiger charge is -2.34. The average Bonchev–Trinajstić information content (AvgIpc) is 2.89. The van der Waals surface area contributed by atoms with Gasteiger partial charge in [0, 0.05) is 18.6 Å². The minimum absolute atomic E-state index is 0.169. The molecular formula is C20H28BNO2. The van der Waals surface area contributed by atoms with Crippen molar-refractivity contribution in [1.29, 1.82) is 0 Å². The largest absolute Gasteiger partial charge is 0.490 e. The van der Waals surface area contributed by atoms with E-state index in [2.05, 4.69) is 69.0 Å². The number of nitrogens with zero attached hydrogens (tertiary/aromatic N) is 1. The summed E-state index contributed by atoms with van der Waals surface area (Å²) < 4.78 is 12.5. The van der Waals surface area contributed by atoms with Gasteiger partial charge in [0.25, 0.3) is 0 Å². The summed E-state index contributed by atoms with van der Waals surface area (Å²) in [7, 11) is -0.169. The molecule has 2 atom stereocenters. The highest BCUT2D eigenvalue weighted by molar-refractivity contribution is 6.54. The predicted octanol–water partition coefficient (Wildman–Crippen LogP) is 3.98. The van der Waals surface area contributed by atoms with Gasteiger partial charge in [0.15, 0.2) is 0 Å². The van der Waals surface area contributed by atoms with E-state index < -0.39 is 0 Å². The second-order valence-corrected chi connectivity index (χ2v) is 8.49. The van der Waals surface area contributed by atoms with Crippen LogP contribution in [0, 0.1) is 0 Å². The van der Waals surface area contributed by atoms with Crippen LogP contribution in [0.5, 0.6) is 0 Å². The van der Waals surface area contributed by atoms with Gasteiger partial charge in [-0.1, -0.05) is 36.4 Å². The van der Waals surface area contributed by atoms with Gasteiger partial charge in [-0.25, -0.2) is 0 Å². The lowest BCUT2D eigenvalue weighted by atomic mass is 9.73. The number of fused-ring (bicyclic) bond motifs is 2. The zero-order valence-corrected chi connectivity index (χ0v) is 15.3. The van der Waals surface area contributed by atoms with Crippen LogP contribution in [-0.4, -0.2) is 35.3 Å². The van der Waals surface area contributed by atoms with Crippen LogP contribution >= 0.6 is 0 Å². The van der Waals surface area contributed by atoms with Crippen LogP contribution in [0.4, 0.5) is 0 Å². The summed E-state index contributed by atoms with van der Waals surface area (Å²) in [4.78, 5) is 2.66. The fourth-order valence-electron chi connectivity index (χ4n) is 4.16. The molecule has 2 saturated heterocycles. The minimum atomic E-state index is -0.251. The van der Waals surface area contributed by atoms with Crippen molar-refractivity contribution in [3.05, 3.63) is 47.4 Å². The zero-order chi connectivity index (χ0) is 16.9. The second-order valence-electron chi connectivity index (χ2n) is 8.49. The first-order valence-electron chi connectivity index (χ1n) is 9.22. The quantitative estimate of drug-likeness (QED) is 0.785. The first kappa shape index (κ1) is 16.4. The summed E-state index contributed by atoms with van der Waals surface area (Å²) in [6.07, 6.45) is 6.02. The third-order valence-corrected chi connectivity index (χ3v) is 6.33. The Hall–Kier alpha value is -1.10. The molecule has 0 saturated carbocycles. The summed E-state index contributed by atoms with van der Waals surface area (Å²) in [6.45, 7) is 9.57. The van der Waals surface area contributed by atoms with Gasteiger partial charge in [0.2, 0.25) is 0 Å². The van der Waals surface area contributed by atoms with E-state index in [-0.39, 0.29) is 18.3 Å². The first-order chi connectivity index (χ1) is 11.4. The summed E-state index contributed by atoms with van der Waals surface area (Å²) in [5.41, 5.74) is 2.25. The lowest BCUT2D eigenvalue weighted by molar-refractivity contribution is 0.00578. The lowest BCUT2D eigenvalue weighted by Crippen LogP contribution is -2.41. The summed E-state index contributed by atoms with van der Waals surface area (Å²) in [5.74, 6) is 0. The molecule has 128 valence electrons. The Morgan fingerprint density at radius 1 is 1.04 bits per heavy atom. The SMILES string of the molecule is CC1(C)OB(C2=C[C@@H]3CC[C@H](C2)N3Cc2ccccc2)OC1(C)C. The fraction of sp³-hybridized carbons (Fsp3) is 0.600. The van der Waals surface area contributed by atoms with Gasteiger partial charge in [-0.15, -0.1) is 0 Å². The van der Waals surface area contributed by atoms with Crippen LogP contribution < -0.4 is 0 Å². The van der Waals surface area contributed by atoms with Crippen LogP contribution in [0.1, 0.15) is 52.5 Å². The Bertz CT molecular complexity index is 624. The number of rotatable bonds is 3. The van der Waals surface area contributed by atoms with Gasteiger partial charge in [-0.3, -0.25) is 4.90 Å². The highest BCUT2D eigenvalue weighted by atomic mass is 16.7. The first-order valence-corrected chi connectivity index (χ1v) is 9.22. The smallest absolute Gasteiger partial charge is 0.400 e. The third kappa shape index (κ3) is 2.75. The van der Waals surface area contributed by atoms with Crippen molar-refractivity contribution in [2.75, 3.05) is 0 Å². The van der Waals surface area contributed by atoms with E-state index in [1.54, 1.807) is 0 Å². The number of hydrogen-bond donors (Lipinski definition) is 0. The average molecular weight is 325 g/mol. The van der Waals surface area contributed by atoms with Gasteiger partial charge >= 0.3 is 7.12 Å². The highest BCUT2D eigenvalue weighted by Gasteiger charge is 2.53. The molecule has 2 bridgehead atoms. The topological polar surface area (TPSA) is 21.7 Å². The van der Waals surface area contributed by atoms with Crippen molar-refractivity contribution >= 4 is 7.12 Å². The normalized spacial score (nSPS) is 31.3. The fourth-order valence-corrected chi connectivity index (χ4v) is 4.16. The molecule has 0 spiro atoms. The van der Waals surface area contributed by atoms with Crippen molar-refractivity contribution in [3.8, 4) is 0 Å². The van der Waals surface area contributed by atoms with E-state index in [0.717, 1.165) is 13.0 Å². The molecule has 4 rings (SSSR count). The van der Waals surface area contributed by atoms with Gasteiger partial charge in [0.05, 0.1) is 11.2 Å². The Morgan fingerprint density at radius 2 is 1.71 bits per heavy atom. The van der Waals surface area contributed by atoms with E-state index in [1.807, 2.05) is 0 Å². The highest BCUT2D eigenvalue weighted by Crippen LogP contribution is 2.43. The standard InChI is InChI=1S/C20H28BNO2/c1-19(2)20(3,4)24-21(23-19)16-12-17-10-11-18(13-16)22(17)14-15-8-6-5-7-9-15/h5-9,12,17-18H,10-11,13-14H2,1-4H3/t17-,18+/m0/s1. The van der Waals surface area contributed by atoms with E-state index in [0.29, 0.717) is 12.1 Å². The van der Waals surface area contributed by atoms with Crippen LogP contribution in [-0.2, 0) is 15.9 Å². The molecule has 24 heavy (non-hydrogen) atoms. The molecule has 0 radical (unpaired) electrons. The summed E-state index contributed by atoms with van der Waals surface area (Å²) in [6, 6.07) is 12.0. The Balaban J connectivity index is 1.51. The summed E-state index contributed by atoms with van der Waals surface area (Å²) in [5, 5.41) is 0. The monoisotopic (exact) mass is 325 g/mol. The molecule has 1 aromatic rings. The zero-order valence-electron chi connectivity index (χ0n) is 15.3. The molecule has 0 aliphatic carbocycles. The molecule has 4 heteroatoms. The molecule has 3 heterocycles. The van der Waals surface area contributed by atoms with Crippen LogP contribution in [0.25, 0.3) is 0 Å². The molecule has 0 aromatic heterocycles. The maximum Gasteiger partial charge on any atom is 0.490 e. The summed E-state index contributed by atoms with van der Waals surface area (Å²) >= 11 is 0.